The molecule has 0 saturated heterocycles. The SMILES string of the molecule is Cc1cc(CO)cc(OCc2cccc(Br)c2)n1. The summed E-state index contributed by atoms with van der Waals surface area (Å²) in [4.78, 5) is 4.27. The van der Waals surface area contributed by atoms with Crippen LogP contribution in [0.1, 0.15) is 16.8 Å². The van der Waals surface area contributed by atoms with Crippen molar-refractivity contribution < 1.29 is 9.84 Å². The number of aliphatic hydroxyl groups excluding tert-OH is 1. The average Bonchev–Trinajstić information content (AvgIpc) is 2.36. The number of rotatable bonds is 4. The molecule has 0 aliphatic heterocycles. The number of ether oxygens (including phenoxy) is 1. The highest BCUT2D eigenvalue weighted by Crippen LogP contribution is 2.16. The van der Waals surface area contributed by atoms with Gasteiger partial charge in [0.25, 0.3) is 0 Å². The van der Waals surface area contributed by atoms with Crippen LogP contribution in [-0.4, -0.2) is 10.1 Å². The number of hydrogen-bond acceptors (Lipinski definition) is 3. The smallest absolute Gasteiger partial charge is 0.214 e. The largest absolute Gasteiger partial charge is 0.473 e. The van der Waals surface area contributed by atoms with Crippen molar-refractivity contribution in [3.05, 3.63) is 57.7 Å². The second-order valence-electron chi connectivity index (χ2n) is 4.03. The summed E-state index contributed by atoms with van der Waals surface area (Å²) in [6.07, 6.45) is 0. The van der Waals surface area contributed by atoms with Crippen LogP contribution in [-0.2, 0) is 13.2 Å². The molecule has 0 atom stereocenters. The Kier molecular flexibility index (Phi) is 4.33. The van der Waals surface area contributed by atoms with E-state index in [9.17, 15) is 0 Å². The predicted octanol–water partition coefficient (Wildman–Crippen LogP) is 3.22. The molecule has 94 valence electrons. The highest BCUT2D eigenvalue weighted by Gasteiger charge is 2.02. The van der Waals surface area contributed by atoms with Gasteiger partial charge in [0.05, 0.1) is 6.61 Å². The van der Waals surface area contributed by atoms with Crippen LogP contribution in [0.5, 0.6) is 5.88 Å². The number of aliphatic hydroxyl groups is 1. The van der Waals surface area contributed by atoms with Crippen LogP contribution >= 0.6 is 15.9 Å². The molecule has 2 aromatic rings. The molecular formula is C14H14BrNO2. The van der Waals surface area contributed by atoms with Gasteiger partial charge in [-0.05, 0) is 36.2 Å². The number of aryl methyl sites for hydroxylation is 1. The molecule has 0 aliphatic carbocycles. The second-order valence-corrected chi connectivity index (χ2v) is 4.95. The zero-order valence-corrected chi connectivity index (χ0v) is 11.6. The first kappa shape index (κ1) is 13.1. The van der Waals surface area contributed by atoms with Crippen molar-refractivity contribution >= 4 is 15.9 Å². The zero-order valence-electron chi connectivity index (χ0n) is 10.1. The molecular weight excluding hydrogens is 294 g/mol. The second kappa shape index (κ2) is 5.98. The van der Waals surface area contributed by atoms with E-state index < -0.39 is 0 Å². The van der Waals surface area contributed by atoms with Gasteiger partial charge in [0.2, 0.25) is 5.88 Å². The quantitative estimate of drug-likeness (QED) is 0.943. The van der Waals surface area contributed by atoms with Crippen LogP contribution in [0.3, 0.4) is 0 Å². The van der Waals surface area contributed by atoms with E-state index in [1.165, 1.54) is 0 Å². The van der Waals surface area contributed by atoms with Gasteiger partial charge in [-0.2, -0.15) is 0 Å². The summed E-state index contributed by atoms with van der Waals surface area (Å²) in [5.74, 6) is 0.541. The lowest BCUT2D eigenvalue weighted by atomic mass is 10.2. The van der Waals surface area contributed by atoms with Crippen molar-refractivity contribution in [1.29, 1.82) is 0 Å². The maximum Gasteiger partial charge on any atom is 0.214 e. The predicted molar refractivity (Wildman–Crippen MR) is 73.4 cm³/mol. The monoisotopic (exact) mass is 307 g/mol. The van der Waals surface area contributed by atoms with Gasteiger partial charge in [0.15, 0.2) is 0 Å². The fourth-order valence-corrected chi connectivity index (χ4v) is 2.10. The Morgan fingerprint density at radius 3 is 2.78 bits per heavy atom. The van der Waals surface area contributed by atoms with Crippen LogP contribution in [0.15, 0.2) is 40.9 Å². The van der Waals surface area contributed by atoms with Crippen molar-refractivity contribution in [1.82, 2.24) is 4.98 Å². The van der Waals surface area contributed by atoms with Gasteiger partial charge in [-0.15, -0.1) is 0 Å². The fraction of sp³-hybridized carbons (Fsp3) is 0.214. The van der Waals surface area contributed by atoms with E-state index in [1.807, 2.05) is 37.3 Å². The van der Waals surface area contributed by atoms with Gasteiger partial charge < -0.3 is 9.84 Å². The first-order valence-electron chi connectivity index (χ1n) is 5.63. The maximum atomic E-state index is 9.12. The van der Waals surface area contributed by atoms with E-state index in [0.717, 1.165) is 21.3 Å². The Labute approximate surface area is 115 Å². The number of benzene rings is 1. The molecule has 1 heterocycles. The van der Waals surface area contributed by atoms with Crippen LogP contribution in [0.4, 0.5) is 0 Å². The molecule has 1 N–H and O–H groups in total. The van der Waals surface area contributed by atoms with Gasteiger partial charge in [-0.1, -0.05) is 28.1 Å². The summed E-state index contributed by atoms with van der Waals surface area (Å²) in [7, 11) is 0. The average molecular weight is 308 g/mol. The number of nitrogens with zero attached hydrogens (tertiary/aromatic N) is 1. The first-order valence-corrected chi connectivity index (χ1v) is 6.42. The van der Waals surface area contributed by atoms with E-state index in [-0.39, 0.29) is 6.61 Å². The molecule has 0 fully saturated rings. The van der Waals surface area contributed by atoms with Gasteiger partial charge in [-0.25, -0.2) is 4.98 Å². The lowest BCUT2D eigenvalue weighted by molar-refractivity contribution is 0.274. The lowest BCUT2D eigenvalue weighted by Crippen LogP contribution is -1.99. The third kappa shape index (κ3) is 3.55. The third-order valence-electron chi connectivity index (χ3n) is 2.45. The Bertz CT molecular complexity index is 543. The summed E-state index contributed by atoms with van der Waals surface area (Å²) in [5.41, 5.74) is 2.72. The summed E-state index contributed by atoms with van der Waals surface area (Å²) in [5, 5.41) is 9.12. The number of halogens is 1. The Morgan fingerprint density at radius 2 is 2.06 bits per heavy atom. The van der Waals surface area contributed by atoms with Crippen LogP contribution < -0.4 is 4.74 Å². The van der Waals surface area contributed by atoms with Gasteiger partial charge in [0, 0.05) is 16.2 Å². The molecule has 0 bridgehead atoms. The number of aromatic nitrogens is 1. The standard InChI is InChI=1S/C14H14BrNO2/c1-10-5-12(8-17)7-14(16-10)18-9-11-3-2-4-13(15)6-11/h2-7,17H,8-9H2,1H3. The Morgan fingerprint density at radius 1 is 1.22 bits per heavy atom. The summed E-state index contributed by atoms with van der Waals surface area (Å²) in [6, 6.07) is 11.5. The van der Waals surface area contributed by atoms with E-state index in [1.54, 1.807) is 6.07 Å². The molecule has 18 heavy (non-hydrogen) atoms. The molecule has 1 aromatic carbocycles. The minimum absolute atomic E-state index is 0.00337. The molecule has 2 rings (SSSR count). The molecule has 3 nitrogen and oxygen atoms in total. The molecule has 0 amide bonds. The molecule has 1 aromatic heterocycles. The van der Waals surface area contributed by atoms with Crippen LogP contribution in [0.2, 0.25) is 0 Å². The number of hydrogen-bond donors (Lipinski definition) is 1. The maximum absolute atomic E-state index is 9.12. The third-order valence-corrected chi connectivity index (χ3v) is 2.94. The van der Waals surface area contributed by atoms with E-state index in [4.69, 9.17) is 9.84 Å². The van der Waals surface area contributed by atoms with Gasteiger partial charge >= 0.3 is 0 Å². The zero-order chi connectivity index (χ0) is 13.0. The van der Waals surface area contributed by atoms with E-state index >= 15 is 0 Å². The van der Waals surface area contributed by atoms with Crippen LogP contribution in [0, 0.1) is 6.92 Å². The van der Waals surface area contributed by atoms with Crippen molar-refractivity contribution in [3.63, 3.8) is 0 Å². The fourth-order valence-electron chi connectivity index (χ4n) is 1.66. The van der Waals surface area contributed by atoms with Crippen molar-refractivity contribution in [2.45, 2.75) is 20.1 Å². The number of pyridine rings is 1. The first-order chi connectivity index (χ1) is 8.67. The minimum Gasteiger partial charge on any atom is -0.473 e. The summed E-state index contributed by atoms with van der Waals surface area (Å²) in [6.45, 7) is 2.34. The molecule has 0 spiro atoms. The minimum atomic E-state index is -0.00337. The Hall–Kier alpha value is -1.39. The molecule has 4 heteroatoms. The normalized spacial score (nSPS) is 10.4. The van der Waals surface area contributed by atoms with Gasteiger partial charge in [-0.3, -0.25) is 0 Å². The lowest BCUT2D eigenvalue weighted by Gasteiger charge is -2.08. The molecule has 0 unspecified atom stereocenters. The summed E-state index contributed by atoms with van der Waals surface area (Å²) < 4.78 is 6.65. The van der Waals surface area contributed by atoms with E-state index in [2.05, 4.69) is 20.9 Å². The topological polar surface area (TPSA) is 42.4 Å². The highest BCUT2D eigenvalue weighted by molar-refractivity contribution is 9.10. The Balaban J connectivity index is 2.08. The van der Waals surface area contributed by atoms with Gasteiger partial charge in [0.1, 0.15) is 6.61 Å². The van der Waals surface area contributed by atoms with Crippen molar-refractivity contribution in [2.24, 2.45) is 0 Å². The molecule has 0 radical (unpaired) electrons. The van der Waals surface area contributed by atoms with Crippen LogP contribution in [0.25, 0.3) is 0 Å². The highest BCUT2D eigenvalue weighted by atomic mass is 79.9. The van der Waals surface area contributed by atoms with E-state index in [0.29, 0.717) is 12.5 Å². The molecule has 0 saturated carbocycles. The molecule has 0 aliphatic rings. The van der Waals surface area contributed by atoms with Crippen molar-refractivity contribution in [3.8, 4) is 5.88 Å². The van der Waals surface area contributed by atoms with Crippen molar-refractivity contribution in [2.75, 3.05) is 0 Å². The summed E-state index contributed by atoms with van der Waals surface area (Å²) >= 11 is 3.42.